The Morgan fingerprint density at radius 3 is 2.57 bits per heavy atom. The molecule has 0 aliphatic heterocycles. The van der Waals surface area contributed by atoms with Crippen LogP contribution in [-0.2, 0) is 13.1 Å². The van der Waals surface area contributed by atoms with Crippen molar-refractivity contribution >= 4 is 5.97 Å². The molecule has 4 heteroatoms. The predicted molar refractivity (Wildman–Crippen MR) is 79.7 cm³/mol. The van der Waals surface area contributed by atoms with Gasteiger partial charge in [-0.3, -0.25) is 4.90 Å². The second-order valence-corrected chi connectivity index (χ2v) is 5.25. The molecule has 2 rings (SSSR count). The molecule has 110 valence electrons. The third-order valence-corrected chi connectivity index (χ3v) is 3.28. The zero-order valence-corrected chi connectivity index (χ0v) is 12.1. The Labute approximate surface area is 123 Å². The number of aryl methyl sites for hydroxylation is 1. The molecule has 0 aromatic heterocycles. The molecule has 0 saturated heterocycles. The van der Waals surface area contributed by atoms with E-state index in [0.717, 1.165) is 5.56 Å². The molecule has 0 heterocycles. The Morgan fingerprint density at radius 1 is 1.19 bits per heavy atom. The second kappa shape index (κ2) is 6.50. The van der Waals surface area contributed by atoms with Gasteiger partial charge >= 0.3 is 5.97 Å². The van der Waals surface area contributed by atoms with Crippen LogP contribution in [0.2, 0.25) is 0 Å². The fourth-order valence-corrected chi connectivity index (χ4v) is 2.34. The number of nitrogens with zero attached hydrogens (tertiary/aromatic N) is 1. The predicted octanol–water partition coefficient (Wildman–Crippen LogP) is 3.46. The summed E-state index contributed by atoms with van der Waals surface area (Å²) in [5.41, 5.74) is 2.44. The van der Waals surface area contributed by atoms with Crippen LogP contribution < -0.4 is 0 Å². The number of benzene rings is 2. The highest BCUT2D eigenvalue weighted by Crippen LogP contribution is 2.16. The van der Waals surface area contributed by atoms with Crippen molar-refractivity contribution in [2.45, 2.75) is 20.0 Å². The number of hydrogen-bond acceptors (Lipinski definition) is 2. The van der Waals surface area contributed by atoms with E-state index in [1.165, 1.54) is 11.6 Å². The summed E-state index contributed by atoms with van der Waals surface area (Å²) in [6.45, 7) is 3.07. The van der Waals surface area contributed by atoms with Crippen LogP contribution in [0.5, 0.6) is 0 Å². The van der Waals surface area contributed by atoms with Crippen LogP contribution >= 0.6 is 0 Å². The number of aromatic carboxylic acids is 1. The topological polar surface area (TPSA) is 40.5 Å². The smallest absolute Gasteiger partial charge is 0.338 e. The summed E-state index contributed by atoms with van der Waals surface area (Å²) in [6.07, 6.45) is 0. The highest BCUT2D eigenvalue weighted by atomic mass is 19.1. The van der Waals surface area contributed by atoms with Crippen molar-refractivity contribution in [3.63, 3.8) is 0 Å². The molecule has 0 aliphatic carbocycles. The Morgan fingerprint density at radius 2 is 1.90 bits per heavy atom. The van der Waals surface area contributed by atoms with Gasteiger partial charge in [-0.2, -0.15) is 0 Å². The third-order valence-electron chi connectivity index (χ3n) is 3.28. The molecule has 2 aromatic carbocycles. The van der Waals surface area contributed by atoms with Crippen molar-refractivity contribution in [2.75, 3.05) is 7.05 Å². The van der Waals surface area contributed by atoms with Crippen molar-refractivity contribution in [3.05, 3.63) is 70.5 Å². The summed E-state index contributed by atoms with van der Waals surface area (Å²) >= 11 is 0. The van der Waals surface area contributed by atoms with E-state index in [9.17, 15) is 9.18 Å². The second-order valence-electron chi connectivity index (χ2n) is 5.25. The van der Waals surface area contributed by atoms with Crippen LogP contribution in [0.1, 0.15) is 27.0 Å². The van der Waals surface area contributed by atoms with Gasteiger partial charge in [0.05, 0.1) is 5.56 Å². The van der Waals surface area contributed by atoms with E-state index in [2.05, 4.69) is 6.07 Å². The number of carboxylic acid groups (broad SMARTS) is 1. The lowest BCUT2D eigenvalue weighted by molar-refractivity contribution is 0.0691. The van der Waals surface area contributed by atoms with Gasteiger partial charge in [-0.15, -0.1) is 0 Å². The Kier molecular flexibility index (Phi) is 4.70. The quantitative estimate of drug-likeness (QED) is 0.915. The van der Waals surface area contributed by atoms with Crippen molar-refractivity contribution in [3.8, 4) is 0 Å². The van der Waals surface area contributed by atoms with Crippen LogP contribution in [0, 0.1) is 12.7 Å². The van der Waals surface area contributed by atoms with E-state index in [0.29, 0.717) is 18.7 Å². The molecular weight excluding hydrogens is 269 g/mol. The monoisotopic (exact) mass is 287 g/mol. The number of halogens is 1. The summed E-state index contributed by atoms with van der Waals surface area (Å²) < 4.78 is 14.1. The lowest BCUT2D eigenvalue weighted by Crippen LogP contribution is -2.19. The zero-order valence-electron chi connectivity index (χ0n) is 12.1. The van der Waals surface area contributed by atoms with Crippen LogP contribution in [0.4, 0.5) is 4.39 Å². The SMILES string of the molecule is Cc1cccc(CN(C)Cc2cccc(C(=O)O)c2F)c1. The maximum Gasteiger partial charge on any atom is 0.338 e. The average Bonchev–Trinajstić information content (AvgIpc) is 2.40. The normalized spacial score (nSPS) is 10.9. The Bertz CT molecular complexity index is 655. The Hall–Kier alpha value is -2.20. The molecule has 0 aliphatic rings. The zero-order chi connectivity index (χ0) is 15.4. The minimum atomic E-state index is -1.24. The number of carboxylic acids is 1. The van der Waals surface area contributed by atoms with Gasteiger partial charge < -0.3 is 5.11 Å². The van der Waals surface area contributed by atoms with Crippen molar-refractivity contribution in [1.82, 2.24) is 4.90 Å². The Balaban J connectivity index is 2.11. The summed E-state index contributed by atoms with van der Waals surface area (Å²) in [5.74, 6) is -1.89. The van der Waals surface area contributed by atoms with Gasteiger partial charge in [-0.1, -0.05) is 42.0 Å². The van der Waals surface area contributed by atoms with E-state index in [1.807, 2.05) is 37.1 Å². The number of carbonyl (C=O) groups is 1. The fraction of sp³-hybridized carbons (Fsp3) is 0.235. The van der Waals surface area contributed by atoms with E-state index in [-0.39, 0.29) is 5.56 Å². The van der Waals surface area contributed by atoms with E-state index in [4.69, 9.17) is 5.11 Å². The van der Waals surface area contributed by atoms with Crippen molar-refractivity contribution in [1.29, 1.82) is 0 Å². The molecule has 0 fully saturated rings. The van der Waals surface area contributed by atoms with E-state index in [1.54, 1.807) is 12.1 Å². The van der Waals surface area contributed by atoms with Crippen LogP contribution in [-0.4, -0.2) is 23.0 Å². The van der Waals surface area contributed by atoms with Crippen LogP contribution in [0.15, 0.2) is 42.5 Å². The highest BCUT2D eigenvalue weighted by Gasteiger charge is 2.14. The molecule has 0 amide bonds. The van der Waals surface area contributed by atoms with E-state index < -0.39 is 11.8 Å². The van der Waals surface area contributed by atoms with Crippen LogP contribution in [0.3, 0.4) is 0 Å². The van der Waals surface area contributed by atoms with Crippen LogP contribution in [0.25, 0.3) is 0 Å². The molecule has 0 atom stereocenters. The standard InChI is InChI=1S/C17H18FNO2/c1-12-5-3-6-13(9-12)10-19(2)11-14-7-4-8-15(16(14)18)17(20)21/h3-9H,10-11H2,1-2H3,(H,20,21). The molecular formula is C17H18FNO2. The largest absolute Gasteiger partial charge is 0.478 e. The van der Waals surface area contributed by atoms with E-state index >= 15 is 0 Å². The van der Waals surface area contributed by atoms with Gasteiger partial charge in [-0.25, -0.2) is 9.18 Å². The third kappa shape index (κ3) is 3.89. The summed E-state index contributed by atoms with van der Waals surface area (Å²) in [5, 5.41) is 8.94. The maximum atomic E-state index is 14.1. The lowest BCUT2D eigenvalue weighted by atomic mass is 10.1. The van der Waals surface area contributed by atoms with Gasteiger partial charge in [-0.05, 0) is 25.6 Å². The first-order chi connectivity index (χ1) is 9.97. The highest BCUT2D eigenvalue weighted by molar-refractivity contribution is 5.88. The first-order valence-corrected chi connectivity index (χ1v) is 6.72. The van der Waals surface area contributed by atoms with Crippen molar-refractivity contribution in [2.24, 2.45) is 0 Å². The van der Waals surface area contributed by atoms with Gasteiger partial charge in [0, 0.05) is 18.7 Å². The van der Waals surface area contributed by atoms with Crippen molar-refractivity contribution < 1.29 is 14.3 Å². The minimum absolute atomic E-state index is 0.281. The average molecular weight is 287 g/mol. The first kappa shape index (κ1) is 15.2. The summed E-state index contributed by atoms with van der Waals surface area (Å²) in [7, 11) is 1.88. The molecule has 3 nitrogen and oxygen atoms in total. The van der Waals surface area contributed by atoms with Gasteiger partial charge in [0.1, 0.15) is 5.82 Å². The van der Waals surface area contributed by atoms with Gasteiger partial charge in [0.25, 0.3) is 0 Å². The van der Waals surface area contributed by atoms with Gasteiger partial charge in [0.15, 0.2) is 0 Å². The summed E-state index contributed by atoms with van der Waals surface area (Å²) in [4.78, 5) is 12.9. The molecule has 0 unspecified atom stereocenters. The molecule has 2 aromatic rings. The molecule has 0 spiro atoms. The molecule has 1 N–H and O–H groups in total. The number of hydrogen-bond donors (Lipinski definition) is 1. The maximum absolute atomic E-state index is 14.1. The lowest BCUT2D eigenvalue weighted by Gasteiger charge is -2.18. The summed E-state index contributed by atoms with van der Waals surface area (Å²) in [6, 6.07) is 12.6. The molecule has 0 saturated carbocycles. The molecule has 21 heavy (non-hydrogen) atoms. The number of rotatable bonds is 5. The molecule has 0 radical (unpaired) electrons. The minimum Gasteiger partial charge on any atom is -0.478 e. The van der Waals surface area contributed by atoms with Gasteiger partial charge in [0.2, 0.25) is 0 Å². The fourth-order valence-electron chi connectivity index (χ4n) is 2.34. The first-order valence-electron chi connectivity index (χ1n) is 6.72. The molecule has 0 bridgehead atoms.